The lowest BCUT2D eigenvalue weighted by Gasteiger charge is -2.12. The highest BCUT2D eigenvalue weighted by Gasteiger charge is 2.16. The van der Waals surface area contributed by atoms with Crippen LogP contribution < -0.4 is 0 Å². The summed E-state index contributed by atoms with van der Waals surface area (Å²) in [7, 11) is 0. The van der Waals surface area contributed by atoms with Crippen LogP contribution >= 0.6 is 0 Å². The predicted octanol–water partition coefficient (Wildman–Crippen LogP) is 11.9. The lowest BCUT2D eigenvalue weighted by molar-refractivity contribution is 0.669. The summed E-state index contributed by atoms with van der Waals surface area (Å²) in [4.78, 5) is 14.7. The molecule has 0 amide bonds. The second-order valence-electron chi connectivity index (χ2n) is 12.4. The average molecular weight is 626 g/mol. The Kier molecular flexibility index (Phi) is 6.15. The Bertz CT molecular complexity index is 2780. The van der Waals surface area contributed by atoms with Gasteiger partial charge < -0.3 is 4.42 Å². The van der Waals surface area contributed by atoms with Crippen LogP contribution in [0.5, 0.6) is 0 Å². The molecule has 0 fully saturated rings. The molecule has 2 aromatic heterocycles. The maximum Gasteiger partial charge on any atom is 0.164 e. The van der Waals surface area contributed by atoms with Crippen LogP contribution in [0, 0.1) is 0 Å². The highest BCUT2D eigenvalue weighted by molar-refractivity contribution is 6.25. The van der Waals surface area contributed by atoms with Gasteiger partial charge in [-0.2, -0.15) is 0 Å². The van der Waals surface area contributed by atoms with Crippen LogP contribution in [0.4, 0.5) is 0 Å². The standard InChI is InChI=1S/C45H27N3O/c1-3-11-28(12-4-1)43-46-44(29-13-5-2-6-14-29)48-45(47-43)32-21-24-39-38-23-20-31(26-41(38)49-42(39)27-32)30-19-22-37-35-17-8-7-15-33(35)34-16-9-10-18-36(34)40(37)25-30/h1-27H. The number of hydrogen-bond acceptors (Lipinski definition) is 4. The Labute approximate surface area is 282 Å². The van der Waals surface area contributed by atoms with E-state index >= 15 is 0 Å². The summed E-state index contributed by atoms with van der Waals surface area (Å²) in [6, 6.07) is 57.0. The molecule has 4 nitrogen and oxygen atoms in total. The molecule has 0 saturated heterocycles. The normalized spacial score (nSPS) is 11.7. The zero-order valence-corrected chi connectivity index (χ0v) is 26.3. The first-order chi connectivity index (χ1) is 24.3. The van der Waals surface area contributed by atoms with Crippen LogP contribution in [-0.4, -0.2) is 15.0 Å². The van der Waals surface area contributed by atoms with Crippen molar-refractivity contribution in [3.63, 3.8) is 0 Å². The molecule has 10 aromatic rings. The van der Waals surface area contributed by atoms with Crippen LogP contribution in [-0.2, 0) is 0 Å². The molecule has 0 spiro atoms. The van der Waals surface area contributed by atoms with Gasteiger partial charge in [-0.3, -0.25) is 0 Å². The molecule has 0 N–H and O–H groups in total. The minimum absolute atomic E-state index is 0.603. The monoisotopic (exact) mass is 625 g/mol. The summed E-state index contributed by atoms with van der Waals surface area (Å²) in [5.41, 5.74) is 6.66. The Morgan fingerprint density at radius 1 is 0.265 bits per heavy atom. The fourth-order valence-electron chi connectivity index (χ4n) is 7.12. The molecular weight excluding hydrogens is 599 g/mol. The van der Waals surface area contributed by atoms with Crippen LogP contribution in [0.25, 0.3) is 99.5 Å². The van der Waals surface area contributed by atoms with Gasteiger partial charge in [-0.25, -0.2) is 15.0 Å². The second-order valence-corrected chi connectivity index (χ2v) is 12.4. The summed E-state index contributed by atoms with van der Waals surface area (Å²) in [6.45, 7) is 0. The van der Waals surface area contributed by atoms with Crippen molar-refractivity contribution in [1.29, 1.82) is 0 Å². The van der Waals surface area contributed by atoms with Gasteiger partial charge in [0.15, 0.2) is 17.5 Å². The molecule has 0 saturated carbocycles. The predicted molar refractivity (Wildman–Crippen MR) is 201 cm³/mol. The lowest BCUT2D eigenvalue weighted by atomic mass is 9.92. The van der Waals surface area contributed by atoms with Crippen LogP contribution in [0.2, 0.25) is 0 Å². The molecule has 0 atom stereocenters. The van der Waals surface area contributed by atoms with Crippen LogP contribution in [0.1, 0.15) is 0 Å². The van der Waals surface area contributed by atoms with Gasteiger partial charge in [-0.05, 0) is 73.8 Å². The molecule has 0 radical (unpaired) electrons. The van der Waals surface area contributed by atoms with E-state index in [-0.39, 0.29) is 0 Å². The van der Waals surface area contributed by atoms with Crippen LogP contribution in [0.3, 0.4) is 0 Å². The van der Waals surface area contributed by atoms with E-state index < -0.39 is 0 Å². The number of aromatic nitrogens is 3. The lowest BCUT2D eigenvalue weighted by Crippen LogP contribution is -2.00. The molecule has 0 bridgehead atoms. The molecule has 0 aliphatic carbocycles. The van der Waals surface area contributed by atoms with Gasteiger partial charge in [0.2, 0.25) is 0 Å². The first kappa shape index (κ1) is 27.5. The maximum atomic E-state index is 6.55. The fourth-order valence-corrected chi connectivity index (χ4v) is 7.12. The number of nitrogens with zero attached hydrogens (tertiary/aromatic N) is 3. The fraction of sp³-hybridized carbons (Fsp3) is 0. The van der Waals surface area contributed by atoms with Gasteiger partial charge >= 0.3 is 0 Å². The molecule has 4 heteroatoms. The van der Waals surface area contributed by atoms with Crippen LogP contribution in [0.15, 0.2) is 168 Å². The third kappa shape index (κ3) is 4.57. The van der Waals surface area contributed by atoms with Crippen molar-refractivity contribution in [2.24, 2.45) is 0 Å². The molecule has 228 valence electrons. The minimum Gasteiger partial charge on any atom is -0.456 e. The van der Waals surface area contributed by atoms with Crippen molar-refractivity contribution in [3.05, 3.63) is 164 Å². The quantitative estimate of drug-likeness (QED) is 0.183. The summed E-state index contributed by atoms with van der Waals surface area (Å²) in [5.74, 6) is 1.87. The molecule has 49 heavy (non-hydrogen) atoms. The van der Waals surface area contributed by atoms with E-state index in [1.54, 1.807) is 0 Å². The second kappa shape index (κ2) is 11.0. The SMILES string of the molecule is c1ccc(-c2nc(-c3ccccc3)nc(-c3ccc4c(c3)oc3cc(-c5ccc6c7ccccc7c7ccccc7c6c5)ccc34)n2)cc1. The summed E-state index contributed by atoms with van der Waals surface area (Å²) < 4.78 is 6.55. The highest BCUT2D eigenvalue weighted by Crippen LogP contribution is 2.39. The van der Waals surface area contributed by atoms with Gasteiger partial charge in [-0.1, -0.05) is 133 Å². The Morgan fingerprint density at radius 2 is 0.633 bits per heavy atom. The third-order valence-electron chi connectivity index (χ3n) is 9.51. The molecule has 0 unspecified atom stereocenters. The van der Waals surface area contributed by atoms with Crippen molar-refractivity contribution in [2.75, 3.05) is 0 Å². The number of rotatable bonds is 4. The van der Waals surface area contributed by atoms with E-state index in [1.807, 2.05) is 66.7 Å². The Hall–Kier alpha value is -6.65. The molecule has 2 heterocycles. The number of fused-ring (bicyclic) bond motifs is 9. The largest absolute Gasteiger partial charge is 0.456 e. The Balaban J connectivity index is 1.09. The molecule has 0 aliphatic heterocycles. The summed E-state index contributed by atoms with van der Waals surface area (Å²) in [5, 5.41) is 9.75. The molecular formula is C45H27N3O. The smallest absolute Gasteiger partial charge is 0.164 e. The van der Waals surface area contributed by atoms with Gasteiger partial charge in [-0.15, -0.1) is 0 Å². The van der Waals surface area contributed by atoms with Crippen molar-refractivity contribution >= 4 is 54.3 Å². The number of benzene rings is 8. The molecule has 8 aromatic carbocycles. The topological polar surface area (TPSA) is 51.8 Å². The van der Waals surface area contributed by atoms with E-state index in [0.29, 0.717) is 17.5 Å². The zero-order chi connectivity index (χ0) is 32.3. The van der Waals surface area contributed by atoms with E-state index in [9.17, 15) is 0 Å². The first-order valence-electron chi connectivity index (χ1n) is 16.4. The number of furan rings is 1. The van der Waals surface area contributed by atoms with Gasteiger partial charge in [0, 0.05) is 27.5 Å². The number of hydrogen-bond donors (Lipinski definition) is 0. The van der Waals surface area contributed by atoms with Gasteiger partial charge in [0.25, 0.3) is 0 Å². The van der Waals surface area contributed by atoms with Gasteiger partial charge in [0.1, 0.15) is 11.2 Å². The molecule has 10 rings (SSSR count). The van der Waals surface area contributed by atoms with Crippen molar-refractivity contribution in [1.82, 2.24) is 15.0 Å². The third-order valence-corrected chi connectivity index (χ3v) is 9.51. The van der Waals surface area contributed by atoms with Crippen molar-refractivity contribution < 1.29 is 4.42 Å². The van der Waals surface area contributed by atoms with E-state index in [2.05, 4.69) is 97.1 Å². The zero-order valence-electron chi connectivity index (χ0n) is 26.3. The summed E-state index contributed by atoms with van der Waals surface area (Å²) in [6.07, 6.45) is 0. The summed E-state index contributed by atoms with van der Waals surface area (Å²) >= 11 is 0. The molecule has 0 aliphatic rings. The van der Waals surface area contributed by atoms with Crippen molar-refractivity contribution in [3.8, 4) is 45.3 Å². The Morgan fingerprint density at radius 3 is 1.16 bits per heavy atom. The maximum absolute atomic E-state index is 6.55. The van der Waals surface area contributed by atoms with Crippen molar-refractivity contribution in [2.45, 2.75) is 0 Å². The average Bonchev–Trinajstić information content (AvgIpc) is 3.55. The minimum atomic E-state index is 0.603. The van der Waals surface area contributed by atoms with E-state index in [1.165, 1.54) is 32.3 Å². The first-order valence-corrected chi connectivity index (χ1v) is 16.4. The van der Waals surface area contributed by atoms with E-state index in [4.69, 9.17) is 19.4 Å². The van der Waals surface area contributed by atoms with Gasteiger partial charge in [0.05, 0.1) is 0 Å². The van der Waals surface area contributed by atoms with E-state index in [0.717, 1.165) is 49.8 Å². The highest BCUT2D eigenvalue weighted by atomic mass is 16.3.